The summed E-state index contributed by atoms with van der Waals surface area (Å²) in [6, 6.07) is 13.2. The maximum absolute atomic E-state index is 5.96. The van der Waals surface area contributed by atoms with Gasteiger partial charge in [-0.1, -0.05) is 23.7 Å². The Kier molecular flexibility index (Phi) is 2.78. The van der Waals surface area contributed by atoms with Crippen molar-refractivity contribution in [3.8, 4) is 11.5 Å². The van der Waals surface area contributed by atoms with E-state index in [2.05, 4.69) is 4.98 Å². The first-order valence-electron chi connectivity index (χ1n) is 5.62. The monoisotopic (exact) mass is 258 g/mol. The topological polar surface area (TPSA) is 52.0 Å². The Morgan fingerprint density at radius 3 is 2.83 bits per heavy atom. The molecular weight excluding hydrogens is 248 g/mol. The van der Waals surface area contributed by atoms with Crippen LogP contribution in [-0.2, 0) is 6.54 Å². The summed E-state index contributed by atoms with van der Waals surface area (Å²) >= 11 is 5.96. The van der Waals surface area contributed by atoms with E-state index in [1.165, 1.54) is 0 Å². The highest BCUT2D eigenvalue weighted by molar-refractivity contribution is 6.30. The molecule has 0 spiro atoms. The quantitative estimate of drug-likeness (QED) is 0.764. The summed E-state index contributed by atoms with van der Waals surface area (Å²) in [5, 5.41) is 0.664. The van der Waals surface area contributed by atoms with Crippen LogP contribution in [0.15, 0.2) is 46.9 Å². The Morgan fingerprint density at radius 2 is 2.06 bits per heavy atom. The second kappa shape index (κ2) is 4.44. The fourth-order valence-electron chi connectivity index (χ4n) is 1.84. The maximum Gasteiger partial charge on any atom is 0.227 e. The van der Waals surface area contributed by atoms with Crippen LogP contribution in [0, 0.1) is 0 Å². The van der Waals surface area contributed by atoms with Gasteiger partial charge in [-0.2, -0.15) is 0 Å². The van der Waals surface area contributed by atoms with Crippen molar-refractivity contribution in [1.82, 2.24) is 4.98 Å². The van der Waals surface area contributed by atoms with Crippen molar-refractivity contribution in [2.45, 2.75) is 6.54 Å². The van der Waals surface area contributed by atoms with Crippen molar-refractivity contribution in [3.05, 3.63) is 53.1 Å². The van der Waals surface area contributed by atoms with Gasteiger partial charge in [0.2, 0.25) is 5.89 Å². The molecule has 0 aliphatic carbocycles. The molecule has 3 aromatic rings. The molecule has 0 amide bonds. The van der Waals surface area contributed by atoms with Gasteiger partial charge in [-0.25, -0.2) is 4.98 Å². The van der Waals surface area contributed by atoms with E-state index < -0.39 is 0 Å². The average molecular weight is 259 g/mol. The van der Waals surface area contributed by atoms with E-state index in [0.717, 1.165) is 22.2 Å². The Hall–Kier alpha value is -1.84. The second-order valence-electron chi connectivity index (χ2n) is 4.04. The van der Waals surface area contributed by atoms with Gasteiger partial charge in [0.1, 0.15) is 5.52 Å². The van der Waals surface area contributed by atoms with Crippen molar-refractivity contribution in [3.63, 3.8) is 0 Å². The summed E-state index contributed by atoms with van der Waals surface area (Å²) in [7, 11) is 0. The number of nitrogens with two attached hydrogens (primary N) is 1. The van der Waals surface area contributed by atoms with Gasteiger partial charge in [-0.15, -0.1) is 0 Å². The smallest absolute Gasteiger partial charge is 0.227 e. The van der Waals surface area contributed by atoms with Gasteiger partial charge in [0, 0.05) is 17.1 Å². The minimum absolute atomic E-state index is 0.489. The number of halogens is 1. The van der Waals surface area contributed by atoms with Gasteiger partial charge in [0.25, 0.3) is 0 Å². The van der Waals surface area contributed by atoms with Gasteiger partial charge >= 0.3 is 0 Å². The molecule has 0 saturated carbocycles. The Morgan fingerprint density at radius 1 is 1.17 bits per heavy atom. The van der Waals surface area contributed by atoms with Crippen molar-refractivity contribution < 1.29 is 4.42 Å². The lowest BCUT2D eigenvalue weighted by Crippen LogP contribution is -1.94. The number of aromatic nitrogens is 1. The molecule has 0 aliphatic heterocycles. The van der Waals surface area contributed by atoms with E-state index in [-0.39, 0.29) is 0 Å². The zero-order valence-electron chi connectivity index (χ0n) is 9.56. The zero-order valence-corrected chi connectivity index (χ0v) is 10.3. The molecule has 90 valence electrons. The van der Waals surface area contributed by atoms with Gasteiger partial charge in [-0.3, -0.25) is 0 Å². The van der Waals surface area contributed by atoms with Crippen LogP contribution in [0.25, 0.3) is 22.6 Å². The molecular formula is C14H11ClN2O. The van der Waals surface area contributed by atoms with Crippen molar-refractivity contribution in [2.75, 3.05) is 0 Å². The van der Waals surface area contributed by atoms with E-state index in [1.807, 2.05) is 42.5 Å². The number of oxazole rings is 1. The van der Waals surface area contributed by atoms with Crippen LogP contribution in [0.1, 0.15) is 5.56 Å². The summed E-state index contributed by atoms with van der Waals surface area (Å²) < 4.78 is 5.73. The molecule has 0 radical (unpaired) electrons. The van der Waals surface area contributed by atoms with Crippen LogP contribution < -0.4 is 5.73 Å². The van der Waals surface area contributed by atoms with Crippen LogP contribution in [0.2, 0.25) is 5.02 Å². The number of fused-ring (bicyclic) bond motifs is 1. The molecule has 0 unspecified atom stereocenters. The molecule has 3 rings (SSSR count). The molecule has 0 saturated heterocycles. The van der Waals surface area contributed by atoms with E-state index >= 15 is 0 Å². The zero-order chi connectivity index (χ0) is 12.5. The predicted molar refractivity (Wildman–Crippen MR) is 72.3 cm³/mol. The van der Waals surface area contributed by atoms with Crippen LogP contribution in [0.3, 0.4) is 0 Å². The summed E-state index contributed by atoms with van der Waals surface area (Å²) in [5.41, 5.74) is 9.06. The fourth-order valence-corrected chi connectivity index (χ4v) is 2.03. The third kappa shape index (κ3) is 1.98. The molecule has 1 heterocycles. The third-order valence-electron chi connectivity index (χ3n) is 2.76. The first kappa shape index (κ1) is 11.3. The highest BCUT2D eigenvalue weighted by atomic mass is 35.5. The van der Waals surface area contributed by atoms with Crippen LogP contribution >= 0.6 is 11.6 Å². The molecule has 0 fully saturated rings. The highest BCUT2D eigenvalue weighted by Crippen LogP contribution is 2.26. The van der Waals surface area contributed by atoms with Gasteiger partial charge in [0.05, 0.1) is 0 Å². The summed E-state index contributed by atoms with van der Waals surface area (Å²) in [5.74, 6) is 0.571. The number of hydrogen-bond acceptors (Lipinski definition) is 3. The van der Waals surface area contributed by atoms with E-state index in [0.29, 0.717) is 17.5 Å². The highest BCUT2D eigenvalue weighted by Gasteiger charge is 2.08. The Labute approximate surface area is 109 Å². The van der Waals surface area contributed by atoms with E-state index in [4.69, 9.17) is 21.8 Å². The van der Waals surface area contributed by atoms with Crippen LogP contribution in [0.5, 0.6) is 0 Å². The predicted octanol–water partition coefficient (Wildman–Crippen LogP) is 3.61. The molecule has 3 nitrogen and oxygen atoms in total. The summed E-state index contributed by atoms with van der Waals surface area (Å²) in [4.78, 5) is 4.43. The minimum Gasteiger partial charge on any atom is -0.436 e. The van der Waals surface area contributed by atoms with Crippen molar-refractivity contribution in [1.29, 1.82) is 0 Å². The van der Waals surface area contributed by atoms with Crippen molar-refractivity contribution in [2.24, 2.45) is 5.73 Å². The average Bonchev–Trinajstić information content (AvgIpc) is 2.81. The van der Waals surface area contributed by atoms with E-state index in [9.17, 15) is 0 Å². The normalized spacial score (nSPS) is 11.0. The fraction of sp³-hybridized carbons (Fsp3) is 0.0714. The van der Waals surface area contributed by atoms with Crippen LogP contribution in [0.4, 0.5) is 0 Å². The lowest BCUT2D eigenvalue weighted by Gasteiger charge is -1.95. The number of rotatable bonds is 2. The van der Waals surface area contributed by atoms with Gasteiger partial charge < -0.3 is 10.2 Å². The number of hydrogen-bond donors (Lipinski definition) is 1. The molecule has 4 heteroatoms. The first-order chi connectivity index (χ1) is 8.76. The molecule has 2 N–H and O–H groups in total. The minimum atomic E-state index is 0.489. The second-order valence-corrected chi connectivity index (χ2v) is 4.47. The van der Waals surface area contributed by atoms with Gasteiger partial charge in [0.15, 0.2) is 5.58 Å². The lowest BCUT2D eigenvalue weighted by atomic mass is 10.2. The van der Waals surface area contributed by atoms with Crippen LogP contribution in [-0.4, -0.2) is 4.98 Å². The van der Waals surface area contributed by atoms with Crippen molar-refractivity contribution >= 4 is 22.7 Å². The molecule has 18 heavy (non-hydrogen) atoms. The molecule has 0 bridgehead atoms. The summed E-state index contributed by atoms with van der Waals surface area (Å²) in [6.45, 7) is 0.489. The number of benzene rings is 2. The van der Waals surface area contributed by atoms with Gasteiger partial charge in [-0.05, 0) is 35.9 Å². The molecule has 0 atom stereocenters. The standard InChI is InChI=1S/C14H11ClN2O/c15-11-3-1-2-10(7-11)14-17-12-5-4-9(8-16)6-13(12)18-14/h1-7H,8,16H2. The summed E-state index contributed by atoms with van der Waals surface area (Å²) in [6.07, 6.45) is 0. The lowest BCUT2D eigenvalue weighted by molar-refractivity contribution is 0.619. The Balaban J connectivity index is 2.13. The largest absolute Gasteiger partial charge is 0.436 e. The SMILES string of the molecule is NCc1ccc2nc(-c3cccc(Cl)c3)oc2c1. The van der Waals surface area contributed by atoms with E-state index in [1.54, 1.807) is 0 Å². The maximum atomic E-state index is 5.96. The molecule has 1 aromatic heterocycles. The molecule has 0 aliphatic rings. The first-order valence-corrected chi connectivity index (χ1v) is 5.99. The molecule has 2 aromatic carbocycles. The third-order valence-corrected chi connectivity index (χ3v) is 3.00. The number of nitrogens with zero attached hydrogens (tertiary/aromatic N) is 1. The Bertz CT molecular complexity index is 706.